The van der Waals surface area contributed by atoms with Crippen molar-refractivity contribution in [1.82, 2.24) is 0 Å². The van der Waals surface area contributed by atoms with Gasteiger partial charge in [-0.05, 0) is 31.0 Å². The van der Waals surface area contributed by atoms with Gasteiger partial charge in [-0.2, -0.15) is 0 Å². The number of hydrogen-bond donors (Lipinski definition) is 1. The van der Waals surface area contributed by atoms with Crippen molar-refractivity contribution in [2.45, 2.75) is 12.8 Å². The summed E-state index contributed by atoms with van der Waals surface area (Å²) in [7, 11) is 1.73. The van der Waals surface area contributed by atoms with Crippen LogP contribution in [0.3, 0.4) is 0 Å². The first-order valence-electron chi connectivity index (χ1n) is 5.16. The zero-order chi connectivity index (χ0) is 10.9. The summed E-state index contributed by atoms with van der Waals surface area (Å²) >= 11 is 0. The van der Waals surface area contributed by atoms with Crippen LogP contribution in [0.1, 0.15) is 18.4 Å². The standard InChI is InChI=1S/C13H17NO/c1-3-12-7-6-8-13(11-12)14-9-4-5-10-15-2/h1,6-8,11,14H,4-5,9-10H2,2H3. The van der Waals surface area contributed by atoms with E-state index in [4.69, 9.17) is 11.2 Å². The molecule has 0 amide bonds. The van der Waals surface area contributed by atoms with Crippen LogP contribution < -0.4 is 5.32 Å². The van der Waals surface area contributed by atoms with E-state index < -0.39 is 0 Å². The van der Waals surface area contributed by atoms with Crippen molar-refractivity contribution in [2.75, 3.05) is 25.6 Å². The van der Waals surface area contributed by atoms with Gasteiger partial charge in [-0.25, -0.2) is 0 Å². The van der Waals surface area contributed by atoms with Crippen LogP contribution in [0.4, 0.5) is 5.69 Å². The lowest BCUT2D eigenvalue weighted by atomic mass is 10.2. The van der Waals surface area contributed by atoms with Gasteiger partial charge >= 0.3 is 0 Å². The first kappa shape index (κ1) is 11.6. The molecule has 0 bridgehead atoms. The molecule has 0 radical (unpaired) electrons. The van der Waals surface area contributed by atoms with Crippen LogP contribution in [-0.2, 0) is 4.74 Å². The molecule has 0 atom stereocenters. The maximum atomic E-state index is 5.32. The van der Waals surface area contributed by atoms with E-state index in [-0.39, 0.29) is 0 Å². The Bertz CT molecular complexity index is 328. The van der Waals surface area contributed by atoms with Gasteiger partial charge in [0.1, 0.15) is 0 Å². The molecule has 0 unspecified atom stereocenters. The third-order valence-electron chi connectivity index (χ3n) is 2.13. The summed E-state index contributed by atoms with van der Waals surface area (Å²) in [6.07, 6.45) is 7.51. The largest absolute Gasteiger partial charge is 0.385 e. The van der Waals surface area contributed by atoms with E-state index in [9.17, 15) is 0 Å². The summed E-state index contributed by atoms with van der Waals surface area (Å²) in [6, 6.07) is 7.90. The van der Waals surface area contributed by atoms with Crippen LogP contribution in [0.15, 0.2) is 24.3 Å². The monoisotopic (exact) mass is 203 g/mol. The molecule has 15 heavy (non-hydrogen) atoms. The van der Waals surface area contributed by atoms with E-state index >= 15 is 0 Å². The molecule has 0 aliphatic heterocycles. The minimum Gasteiger partial charge on any atom is -0.385 e. The number of unbranched alkanes of at least 4 members (excludes halogenated alkanes) is 1. The Morgan fingerprint density at radius 3 is 3.00 bits per heavy atom. The van der Waals surface area contributed by atoms with Gasteiger partial charge in [0.15, 0.2) is 0 Å². The van der Waals surface area contributed by atoms with Crippen molar-refractivity contribution in [2.24, 2.45) is 0 Å². The van der Waals surface area contributed by atoms with Crippen LogP contribution in [-0.4, -0.2) is 20.3 Å². The van der Waals surface area contributed by atoms with Crippen molar-refractivity contribution in [3.8, 4) is 12.3 Å². The van der Waals surface area contributed by atoms with Crippen molar-refractivity contribution >= 4 is 5.69 Å². The van der Waals surface area contributed by atoms with E-state index in [1.807, 2.05) is 24.3 Å². The highest BCUT2D eigenvalue weighted by Crippen LogP contribution is 2.09. The molecule has 0 aliphatic carbocycles. The minimum absolute atomic E-state index is 0.825. The van der Waals surface area contributed by atoms with Gasteiger partial charge in [-0.3, -0.25) is 0 Å². The van der Waals surface area contributed by atoms with Crippen molar-refractivity contribution in [3.63, 3.8) is 0 Å². The van der Waals surface area contributed by atoms with Crippen LogP contribution in [0.5, 0.6) is 0 Å². The number of nitrogens with one attached hydrogen (secondary N) is 1. The Morgan fingerprint density at radius 2 is 2.27 bits per heavy atom. The van der Waals surface area contributed by atoms with Crippen LogP contribution >= 0.6 is 0 Å². The summed E-state index contributed by atoms with van der Waals surface area (Å²) < 4.78 is 4.98. The first-order chi connectivity index (χ1) is 7.36. The number of hydrogen-bond acceptors (Lipinski definition) is 2. The molecule has 2 nitrogen and oxygen atoms in total. The zero-order valence-electron chi connectivity index (χ0n) is 9.12. The van der Waals surface area contributed by atoms with E-state index in [1.165, 1.54) is 0 Å². The van der Waals surface area contributed by atoms with Gasteiger partial charge in [0.25, 0.3) is 0 Å². The number of rotatable bonds is 6. The number of benzene rings is 1. The van der Waals surface area contributed by atoms with Crippen LogP contribution in [0.2, 0.25) is 0 Å². The third-order valence-corrected chi connectivity index (χ3v) is 2.13. The highest BCUT2D eigenvalue weighted by Gasteiger charge is 1.93. The lowest BCUT2D eigenvalue weighted by Crippen LogP contribution is -2.02. The predicted molar refractivity (Wildman–Crippen MR) is 64.0 cm³/mol. The Balaban J connectivity index is 2.28. The predicted octanol–water partition coefficient (Wildman–Crippen LogP) is 2.51. The molecule has 0 saturated carbocycles. The second-order valence-corrected chi connectivity index (χ2v) is 3.35. The number of ether oxygens (including phenoxy) is 1. The topological polar surface area (TPSA) is 21.3 Å². The molecule has 2 heteroatoms. The molecule has 1 rings (SSSR count). The molecular weight excluding hydrogens is 186 g/mol. The van der Waals surface area contributed by atoms with Gasteiger partial charge in [0.05, 0.1) is 0 Å². The van der Waals surface area contributed by atoms with Crippen molar-refractivity contribution in [3.05, 3.63) is 29.8 Å². The second-order valence-electron chi connectivity index (χ2n) is 3.35. The highest BCUT2D eigenvalue weighted by molar-refractivity contribution is 5.49. The molecule has 0 heterocycles. The Morgan fingerprint density at radius 1 is 1.40 bits per heavy atom. The number of methoxy groups -OCH3 is 1. The van der Waals surface area contributed by atoms with Gasteiger partial charge in [0, 0.05) is 31.5 Å². The van der Waals surface area contributed by atoms with Crippen LogP contribution in [0, 0.1) is 12.3 Å². The average Bonchev–Trinajstić information content (AvgIpc) is 2.29. The van der Waals surface area contributed by atoms with Gasteiger partial charge in [-0.15, -0.1) is 6.42 Å². The fourth-order valence-electron chi connectivity index (χ4n) is 1.32. The molecule has 0 fully saturated rings. The number of terminal acetylenes is 1. The SMILES string of the molecule is C#Cc1cccc(NCCCCOC)c1. The molecule has 0 spiro atoms. The van der Waals surface area contributed by atoms with Gasteiger partial charge in [0.2, 0.25) is 0 Å². The van der Waals surface area contributed by atoms with Gasteiger partial charge < -0.3 is 10.1 Å². The van der Waals surface area contributed by atoms with E-state index in [1.54, 1.807) is 7.11 Å². The maximum absolute atomic E-state index is 5.32. The zero-order valence-corrected chi connectivity index (χ0v) is 9.12. The lowest BCUT2D eigenvalue weighted by molar-refractivity contribution is 0.194. The molecule has 1 N–H and O–H groups in total. The highest BCUT2D eigenvalue weighted by atomic mass is 16.5. The van der Waals surface area contributed by atoms with Crippen molar-refractivity contribution < 1.29 is 4.74 Å². The molecule has 0 aromatic heterocycles. The minimum atomic E-state index is 0.825. The summed E-state index contributed by atoms with van der Waals surface area (Å²) in [5, 5.41) is 3.33. The van der Waals surface area contributed by atoms with Crippen LogP contribution in [0.25, 0.3) is 0 Å². The summed E-state index contributed by atoms with van der Waals surface area (Å²) in [6.45, 7) is 1.78. The Hall–Kier alpha value is -1.46. The molecule has 0 saturated heterocycles. The summed E-state index contributed by atoms with van der Waals surface area (Å²) in [5.74, 6) is 2.62. The Kier molecular flexibility index (Phi) is 5.35. The molecule has 1 aromatic carbocycles. The molecular formula is C13H17NO. The molecule has 1 aromatic rings. The van der Waals surface area contributed by atoms with E-state index in [2.05, 4.69) is 11.2 Å². The first-order valence-corrected chi connectivity index (χ1v) is 5.16. The Labute approximate surface area is 91.6 Å². The van der Waals surface area contributed by atoms with E-state index in [0.29, 0.717) is 0 Å². The smallest absolute Gasteiger partial charge is 0.0462 e. The van der Waals surface area contributed by atoms with E-state index in [0.717, 1.165) is 37.2 Å². The molecule has 80 valence electrons. The average molecular weight is 203 g/mol. The fourth-order valence-corrected chi connectivity index (χ4v) is 1.32. The van der Waals surface area contributed by atoms with Gasteiger partial charge in [-0.1, -0.05) is 12.0 Å². The molecule has 0 aliphatic rings. The quantitative estimate of drug-likeness (QED) is 0.566. The fraction of sp³-hybridized carbons (Fsp3) is 0.385. The third kappa shape index (κ3) is 4.53. The summed E-state index contributed by atoms with van der Waals surface area (Å²) in [5.41, 5.74) is 2.00. The second kappa shape index (κ2) is 6.92. The summed E-state index contributed by atoms with van der Waals surface area (Å²) in [4.78, 5) is 0. The normalized spacial score (nSPS) is 9.60. The van der Waals surface area contributed by atoms with Crippen molar-refractivity contribution in [1.29, 1.82) is 0 Å². The lowest BCUT2D eigenvalue weighted by Gasteiger charge is -2.06. The maximum Gasteiger partial charge on any atom is 0.0462 e. The number of anilines is 1.